The predicted octanol–water partition coefficient (Wildman–Crippen LogP) is 1.14. The Morgan fingerprint density at radius 2 is 2.42 bits per heavy atom. The second-order valence-corrected chi connectivity index (χ2v) is 3.02. The van der Waals surface area contributed by atoms with Gasteiger partial charge in [-0.2, -0.15) is 0 Å². The van der Waals surface area contributed by atoms with E-state index < -0.39 is 6.04 Å². The molecule has 1 aliphatic heterocycles. The zero-order valence-electron chi connectivity index (χ0n) is 6.87. The van der Waals surface area contributed by atoms with Crippen LogP contribution < -0.4 is 0 Å². The van der Waals surface area contributed by atoms with Crippen LogP contribution in [0.2, 0.25) is 0 Å². The number of ether oxygens (including phenoxy) is 1. The smallest absolute Gasteiger partial charge is 0.336 e. The van der Waals surface area contributed by atoms with Crippen LogP contribution in [0.15, 0.2) is 9.98 Å². The van der Waals surface area contributed by atoms with E-state index in [9.17, 15) is 4.79 Å². The lowest BCUT2D eigenvalue weighted by Crippen LogP contribution is -2.26. The minimum Gasteiger partial charge on any atom is -0.464 e. The molecule has 1 heterocycles. The number of carbonyl (C=O) groups is 1. The van der Waals surface area contributed by atoms with Crippen molar-refractivity contribution in [2.75, 3.05) is 6.61 Å². The van der Waals surface area contributed by atoms with Crippen LogP contribution in [0.25, 0.3) is 0 Å². The second kappa shape index (κ2) is 3.80. The molecule has 0 N–H and O–H groups in total. The second-order valence-electron chi connectivity index (χ2n) is 2.31. The van der Waals surface area contributed by atoms with Gasteiger partial charge in [-0.1, -0.05) is 0 Å². The third-order valence-electron chi connectivity index (χ3n) is 1.41. The molecular weight excluding hydrogens is 224 g/mol. The van der Waals surface area contributed by atoms with Crippen LogP contribution in [-0.2, 0) is 9.53 Å². The minimum absolute atomic E-state index is 0.340. The van der Waals surface area contributed by atoms with Gasteiger partial charge in [-0.3, -0.25) is 0 Å². The molecule has 12 heavy (non-hydrogen) atoms. The summed E-state index contributed by atoms with van der Waals surface area (Å²) >= 11 is 3.09. The molecule has 4 nitrogen and oxygen atoms in total. The number of hydrogen-bond acceptors (Lipinski definition) is 4. The zero-order chi connectivity index (χ0) is 9.14. The maximum Gasteiger partial charge on any atom is 0.336 e. The first-order valence-electron chi connectivity index (χ1n) is 3.60. The lowest BCUT2D eigenvalue weighted by molar-refractivity contribution is -0.142. The molecule has 0 bridgehead atoms. The van der Waals surface area contributed by atoms with E-state index in [1.165, 1.54) is 0 Å². The van der Waals surface area contributed by atoms with Gasteiger partial charge in [-0.15, -0.1) is 0 Å². The van der Waals surface area contributed by atoms with Crippen molar-refractivity contribution in [3.8, 4) is 0 Å². The van der Waals surface area contributed by atoms with Gasteiger partial charge in [0.2, 0.25) is 0 Å². The van der Waals surface area contributed by atoms with Crippen LogP contribution in [-0.4, -0.2) is 29.1 Å². The number of rotatable bonds is 2. The highest BCUT2D eigenvalue weighted by Crippen LogP contribution is 2.11. The number of esters is 1. The third kappa shape index (κ3) is 1.91. The van der Waals surface area contributed by atoms with Crippen molar-refractivity contribution in [1.82, 2.24) is 0 Å². The summed E-state index contributed by atoms with van der Waals surface area (Å²) in [6.45, 7) is 3.88. The fourth-order valence-corrected chi connectivity index (χ4v) is 1.36. The number of aliphatic imine (C=N–C) groups is 2. The SMILES string of the molecule is CCOC(=O)[C@@H]1N=C(Br)N=C1C. The molecule has 5 heteroatoms. The maximum absolute atomic E-state index is 11.2. The van der Waals surface area contributed by atoms with Crippen LogP contribution in [0.1, 0.15) is 13.8 Å². The highest BCUT2D eigenvalue weighted by molar-refractivity contribution is 9.18. The van der Waals surface area contributed by atoms with E-state index in [4.69, 9.17) is 4.74 Å². The summed E-state index contributed by atoms with van der Waals surface area (Å²) in [4.78, 5) is 19.1. The first kappa shape index (κ1) is 9.38. The molecule has 0 amide bonds. The monoisotopic (exact) mass is 232 g/mol. The first-order valence-corrected chi connectivity index (χ1v) is 4.39. The summed E-state index contributed by atoms with van der Waals surface area (Å²) in [5.74, 6) is -0.340. The molecule has 0 saturated heterocycles. The van der Waals surface area contributed by atoms with Crippen molar-refractivity contribution in [2.24, 2.45) is 9.98 Å². The van der Waals surface area contributed by atoms with Crippen molar-refractivity contribution in [1.29, 1.82) is 0 Å². The van der Waals surface area contributed by atoms with Gasteiger partial charge in [0.1, 0.15) is 0 Å². The molecule has 0 unspecified atom stereocenters. The number of nitrogens with zero attached hydrogens (tertiary/aromatic N) is 2. The Kier molecular flexibility index (Phi) is 2.97. The highest BCUT2D eigenvalue weighted by Gasteiger charge is 2.26. The van der Waals surface area contributed by atoms with Gasteiger partial charge in [0.05, 0.1) is 12.3 Å². The number of hydrogen-bond donors (Lipinski definition) is 0. The van der Waals surface area contributed by atoms with Crippen LogP contribution in [0.5, 0.6) is 0 Å². The first-order chi connectivity index (χ1) is 5.65. The largest absolute Gasteiger partial charge is 0.464 e. The summed E-state index contributed by atoms with van der Waals surface area (Å²) in [6, 6.07) is -0.542. The van der Waals surface area contributed by atoms with E-state index >= 15 is 0 Å². The van der Waals surface area contributed by atoms with Gasteiger partial charge in [0.15, 0.2) is 10.8 Å². The molecule has 0 aromatic heterocycles. The molecule has 0 aromatic rings. The van der Waals surface area contributed by atoms with Crippen molar-refractivity contribution in [3.05, 3.63) is 0 Å². The maximum atomic E-state index is 11.2. The van der Waals surface area contributed by atoms with E-state index in [1.807, 2.05) is 0 Å². The Hall–Kier alpha value is -0.710. The van der Waals surface area contributed by atoms with E-state index in [2.05, 4.69) is 25.9 Å². The Balaban J connectivity index is 2.66. The summed E-state index contributed by atoms with van der Waals surface area (Å²) < 4.78 is 5.25. The van der Waals surface area contributed by atoms with Crippen molar-refractivity contribution >= 4 is 32.4 Å². The van der Waals surface area contributed by atoms with E-state index in [-0.39, 0.29) is 5.97 Å². The molecule has 0 saturated carbocycles. The molecular formula is C7H9BrN2O2. The quantitative estimate of drug-likeness (QED) is 0.530. The van der Waals surface area contributed by atoms with E-state index in [0.717, 1.165) is 0 Å². The fraction of sp³-hybridized carbons (Fsp3) is 0.571. The van der Waals surface area contributed by atoms with Gasteiger partial charge < -0.3 is 4.74 Å². The number of carbonyl (C=O) groups excluding carboxylic acids is 1. The lowest BCUT2D eigenvalue weighted by atomic mass is 10.2. The van der Waals surface area contributed by atoms with E-state index in [0.29, 0.717) is 17.1 Å². The van der Waals surface area contributed by atoms with Crippen molar-refractivity contribution in [3.63, 3.8) is 0 Å². The van der Waals surface area contributed by atoms with Gasteiger partial charge in [0.25, 0.3) is 0 Å². The normalized spacial score (nSPS) is 21.8. The minimum atomic E-state index is -0.542. The molecule has 0 spiro atoms. The summed E-state index contributed by atoms with van der Waals surface area (Å²) in [6.07, 6.45) is 0. The van der Waals surface area contributed by atoms with Crippen LogP contribution in [0.3, 0.4) is 0 Å². The molecule has 1 rings (SSSR count). The molecule has 0 aromatic carbocycles. The predicted molar refractivity (Wildman–Crippen MR) is 49.9 cm³/mol. The lowest BCUT2D eigenvalue weighted by Gasteiger charge is -2.05. The topological polar surface area (TPSA) is 51.0 Å². The van der Waals surface area contributed by atoms with Gasteiger partial charge in [-0.05, 0) is 29.8 Å². The molecule has 66 valence electrons. The summed E-state index contributed by atoms with van der Waals surface area (Å²) in [5, 5.41) is 0. The average Bonchev–Trinajstić information content (AvgIpc) is 2.30. The molecule has 1 aliphatic rings. The van der Waals surface area contributed by atoms with Gasteiger partial charge in [-0.25, -0.2) is 14.8 Å². The summed E-state index contributed by atoms with van der Waals surface area (Å²) in [5.41, 5.74) is 0.667. The Labute approximate surface area is 78.9 Å². The molecule has 1 atom stereocenters. The molecule has 0 radical (unpaired) electrons. The fourth-order valence-electron chi connectivity index (χ4n) is 0.880. The average molecular weight is 233 g/mol. The Bertz CT molecular complexity index is 260. The number of halogens is 1. The van der Waals surface area contributed by atoms with Crippen molar-refractivity contribution in [2.45, 2.75) is 19.9 Å². The van der Waals surface area contributed by atoms with Crippen LogP contribution in [0, 0.1) is 0 Å². The van der Waals surface area contributed by atoms with Crippen LogP contribution in [0.4, 0.5) is 0 Å². The van der Waals surface area contributed by atoms with Gasteiger partial charge >= 0.3 is 5.97 Å². The third-order valence-corrected chi connectivity index (χ3v) is 1.79. The Morgan fingerprint density at radius 3 is 2.83 bits per heavy atom. The Morgan fingerprint density at radius 1 is 1.75 bits per heavy atom. The van der Waals surface area contributed by atoms with Crippen LogP contribution >= 0.6 is 15.9 Å². The highest BCUT2D eigenvalue weighted by atomic mass is 79.9. The molecule has 0 aliphatic carbocycles. The summed E-state index contributed by atoms with van der Waals surface area (Å²) in [7, 11) is 0. The number of amidine groups is 1. The molecule has 0 fully saturated rings. The van der Waals surface area contributed by atoms with E-state index in [1.54, 1.807) is 13.8 Å². The van der Waals surface area contributed by atoms with Crippen molar-refractivity contribution < 1.29 is 9.53 Å². The van der Waals surface area contributed by atoms with Gasteiger partial charge in [0, 0.05) is 0 Å². The standard InChI is InChI=1S/C7H9BrN2O2/c1-3-12-6(11)5-4(2)9-7(8)10-5/h5H,3H2,1-2H3/t5-/m1/s1. The zero-order valence-corrected chi connectivity index (χ0v) is 8.46.